The van der Waals surface area contributed by atoms with Crippen LogP contribution in [0.2, 0.25) is 0 Å². The highest BCUT2D eigenvalue weighted by Crippen LogP contribution is 2.17. The van der Waals surface area contributed by atoms with Crippen molar-refractivity contribution in [3.8, 4) is 0 Å². The Hall–Kier alpha value is -2.77. The lowest BCUT2D eigenvalue weighted by molar-refractivity contribution is -0.131. The van der Waals surface area contributed by atoms with Crippen LogP contribution in [-0.4, -0.2) is 23.0 Å². The van der Waals surface area contributed by atoms with Crippen molar-refractivity contribution in [3.63, 3.8) is 0 Å². The third kappa shape index (κ3) is 4.54. The Morgan fingerprint density at radius 3 is 2.21 bits per heavy atom. The molecule has 0 spiro atoms. The van der Waals surface area contributed by atoms with E-state index in [0.29, 0.717) is 12.2 Å². The van der Waals surface area contributed by atoms with Gasteiger partial charge in [-0.25, -0.2) is 18.4 Å². The van der Waals surface area contributed by atoms with Crippen molar-refractivity contribution in [3.05, 3.63) is 42.0 Å². The van der Waals surface area contributed by atoms with Crippen LogP contribution in [0.5, 0.6) is 0 Å². The summed E-state index contributed by atoms with van der Waals surface area (Å²) < 4.78 is 26.3. The molecule has 0 aliphatic carbocycles. The molecule has 0 fully saturated rings. The largest absolute Gasteiger partial charge is 0.478 e. The van der Waals surface area contributed by atoms with Crippen LogP contribution in [0.4, 0.5) is 19.3 Å². The molecule has 1 aromatic rings. The standard InChI is InChI=1S/C11H8F2N2O4/c12-6-2-1-3-7(13)10(6)15-11(19)14-8(16)4-5-9(17)18/h1-5H,(H,17,18)(H2,14,15,16,19)/b5-4+. The summed E-state index contributed by atoms with van der Waals surface area (Å²) in [6.07, 6.45) is 1.09. The Morgan fingerprint density at radius 1 is 1.11 bits per heavy atom. The molecule has 19 heavy (non-hydrogen) atoms. The lowest BCUT2D eigenvalue weighted by atomic mass is 10.3. The van der Waals surface area contributed by atoms with Gasteiger partial charge < -0.3 is 10.4 Å². The van der Waals surface area contributed by atoms with Gasteiger partial charge in [0.15, 0.2) is 0 Å². The molecule has 0 atom stereocenters. The highest BCUT2D eigenvalue weighted by Gasteiger charge is 2.12. The minimum atomic E-state index is -1.38. The molecule has 0 unspecified atom stereocenters. The Labute approximate surface area is 105 Å². The normalized spacial score (nSPS) is 10.2. The number of hydrogen-bond acceptors (Lipinski definition) is 3. The molecule has 0 radical (unpaired) electrons. The molecule has 0 bridgehead atoms. The van der Waals surface area contributed by atoms with E-state index in [1.807, 2.05) is 0 Å². The van der Waals surface area contributed by atoms with Gasteiger partial charge in [0.1, 0.15) is 17.3 Å². The van der Waals surface area contributed by atoms with Crippen molar-refractivity contribution in [1.29, 1.82) is 0 Å². The molecule has 1 aromatic carbocycles. The summed E-state index contributed by atoms with van der Waals surface area (Å²) in [5, 5.41) is 11.7. The van der Waals surface area contributed by atoms with Crippen LogP contribution < -0.4 is 10.6 Å². The fourth-order valence-electron chi connectivity index (χ4n) is 1.06. The molecule has 1 rings (SSSR count). The second kappa shape index (κ2) is 6.24. The third-order valence-corrected chi connectivity index (χ3v) is 1.82. The number of carboxylic acids is 1. The van der Waals surface area contributed by atoms with Gasteiger partial charge >= 0.3 is 12.0 Å². The number of para-hydroxylation sites is 1. The molecule has 6 nitrogen and oxygen atoms in total. The number of hydrogen-bond donors (Lipinski definition) is 3. The lowest BCUT2D eigenvalue weighted by Crippen LogP contribution is -2.33. The SMILES string of the molecule is O=C(O)/C=C/C(=O)NC(=O)Nc1c(F)cccc1F. The molecule has 3 N–H and O–H groups in total. The van der Waals surface area contributed by atoms with Gasteiger partial charge in [-0.1, -0.05) is 6.07 Å². The average Bonchev–Trinajstić information content (AvgIpc) is 2.31. The number of imide groups is 1. The molecule has 3 amide bonds. The van der Waals surface area contributed by atoms with E-state index in [2.05, 4.69) is 0 Å². The second-order valence-corrected chi connectivity index (χ2v) is 3.21. The summed E-state index contributed by atoms with van der Waals surface area (Å²) in [6.45, 7) is 0. The molecule has 0 saturated carbocycles. The van der Waals surface area contributed by atoms with Gasteiger partial charge in [-0.15, -0.1) is 0 Å². The first-order valence-electron chi connectivity index (χ1n) is 4.87. The third-order valence-electron chi connectivity index (χ3n) is 1.82. The molecule has 8 heteroatoms. The summed E-state index contributed by atoms with van der Waals surface area (Å²) in [7, 11) is 0. The number of halogens is 2. The molecular formula is C11H8F2N2O4. The number of carbonyl (C=O) groups excluding carboxylic acids is 2. The summed E-state index contributed by atoms with van der Waals surface area (Å²) in [5.41, 5.74) is -0.713. The molecule has 0 aliphatic heterocycles. The molecule has 100 valence electrons. The highest BCUT2D eigenvalue weighted by atomic mass is 19.1. The Balaban J connectivity index is 2.66. The average molecular weight is 270 g/mol. The Bertz CT molecular complexity index is 537. The number of benzene rings is 1. The fourth-order valence-corrected chi connectivity index (χ4v) is 1.06. The van der Waals surface area contributed by atoms with Crippen molar-refractivity contribution < 1.29 is 28.3 Å². The molecule has 0 saturated heterocycles. The van der Waals surface area contributed by atoms with Gasteiger partial charge in [-0.2, -0.15) is 0 Å². The van der Waals surface area contributed by atoms with Crippen LogP contribution in [0, 0.1) is 11.6 Å². The first-order valence-corrected chi connectivity index (χ1v) is 4.87. The van der Waals surface area contributed by atoms with E-state index in [-0.39, 0.29) is 0 Å². The van der Waals surface area contributed by atoms with Crippen LogP contribution in [0.1, 0.15) is 0 Å². The number of urea groups is 1. The van der Waals surface area contributed by atoms with E-state index in [0.717, 1.165) is 18.2 Å². The number of carboxylic acid groups (broad SMARTS) is 1. The summed E-state index contributed by atoms with van der Waals surface area (Å²) >= 11 is 0. The summed E-state index contributed by atoms with van der Waals surface area (Å²) in [4.78, 5) is 32.3. The number of anilines is 1. The predicted octanol–water partition coefficient (Wildman–Crippen LogP) is 1.25. The minimum Gasteiger partial charge on any atom is -0.478 e. The number of carbonyl (C=O) groups is 3. The maximum absolute atomic E-state index is 13.1. The van der Waals surface area contributed by atoms with Gasteiger partial charge in [0.25, 0.3) is 5.91 Å². The topological polar surface area (TPSA) is 95.5 Å². The van der Waals surface area contributed by atoms with Gasteiger partial charge in [0.2, 0.25) is 0 Å². The van der Waals surface area contributed by atoms with Gasteiger partial charge in [0.05, 0.1) is 0 Å². The van der Waals surface area contributed by atoms with E-state index >= 15 is 0 Å². The number of nitrogens with one attached hydrogen (secondary N) is 2. The van der Waals surface area contributed by atoms with E-state index in [4.69, 9.17) is 5.11 Å². The van der Waals surface area contributed by atoms with Crippen LogP contribution in [0.25, 0.3) is 0 Å². The summed E-state index contributed by atoms with van der Waals surface area (Å²) in [6, 6.07) is 1.76. The molecule has 0 aliphatic rings. The van der Waals surface area contributed by atoms with Crippen molar-refractivity contribution in [2.75, 3.05) is 5.32 Å². The monoisotopic (exact) mass is 270 g/mol. The van der Waals surface area contributed by atoms with Crippen molar-refractivity contribution >= 4 is 23.6 Å². The number of aliphatic carboxylic acids is 1. The maximum atomic E-state index is 13.1. The first kappa shape index (κ1) is 14.3. The molecule has 0 aromatic heterocycles. The zero-order chi connectivity index (χ0) is 14.4. The fraction of sp³-hybridized carbons (Fsp3) is 0. The quantitative estimate of drug-likeness (QED) is 0.720. The Morgan fingerprint density at radius 2 is 1.68 bits per heavy atom. The number of amides is 3. The zero-order valence-electron chi connectivity index (χ0n) is 9.31. The maximum Gasteiger partial charge on any atom is 0.328 e. The van der Waals surface area contributed by atoms with Crippen LogP contribution in [0.15, 0.2) is 30.4 Å². The van der Waals surface area contributed by atoms with Crippen LogP contribution in [0.3, 0.4) is 0 Å². The predicted molar refractivity (Wildman–Crippen MR) is 60.3 cm³/mol. The smallest absolute Gasteiger partial charge is 0.328 e. The lowest BCUT2D eigenvalue weighted by Gasteiger charge is -2.06. The van der Waals surface area contributed by atoms with E-state index < -0.39 is 35.2 Å². The van der Waals surface area contributed by atoms with E-state index in [9.17, 15) is 23.2 Å². The highest BCUT2D eigenvalue weighted by molar-refractivity contribution is 6.06. The van der Waals surface area contributed by atoms with E-state index in [1.165, 1.54) is 0 Å². The van der Waals surface area contributed by atoms with Crippen molar-refractivity contribution in [2.24, 2.45) is 0 Å². The van der Waals surface area contributed by atoms with Gasteiger partial charge in [-0.05, 0) is 12.1 Å². The Kier molecular flexibility index (Phi) is 4.69. The zero-order valence-corrected chi connectivity index (χ0v) is 9.31. The number of rotatable bonds is 3. The van der Waals surface area contributed by atoms with E-state index in [1.54, 1.807) is 10.6 Å². The summed E-state index contributed by atoms with van der Waals surface area (Å²) in [5.74, 6) is -4.44. The van der Waals surface area contributed by atoms with Gasteiger partial charge in [-0.3, -0.25) is 10.1 Å². The van der Waals surface area contributed by atoms with Crippen molar-refractivity contribution in [1.82, 2.24) is 5.32 Å². The van der Waals surface area contributed by atoms with Crippen LogP contribution in [-0.2, 0) is 9.59 Å². The van der Waals surface area contributed by atoms with Crippen molar-refractivity contribution in [2.45, 2.75) is 0 Å². The first-order chi connectivity index (χ1) is 8.90. The van der Waals surface area contributed by atoms with Crippen LogP contribution >= 0.6 is 0 Å². The van der Waals surface area contributed by atoms with Gasteiger partial charge in [0, 0.05) is 12.2 Å². The second-order valence-electron chi connectivity index (χ2n) is 3.21. The molecule has 0 heterocycles. The molecular weight excluding hydrogens is 262 g/mol. The minimum absolute atomic E-state index is 0.506.